The minimum atomic E-state index is -0.851. The van der Waals surface area contributed by atoms with Gasteiger partial charge in [0.05, 0.1) is 6.54 Å². The molecule has 0 unspecified atom stereocenters. The van der Waals surface area contributed by atoms with Gasteiger partial charge >= 0.3 is 5.97 Å². The summed E-state index contributed by atoms with van der Waals surface area (Å²) in [6.07, 6.45) is 2.64. The summed E-state index contributed by atoms with van der Waals surface area (Å²) in [5, 5.41) is 14.5. The zero-order valence-corrected chi connectivity index (χ0v) is 20.8. The quantitative estimate of drug-likeness (QED) is 0.217. The van der Waals surface area contributed by atoms with Crippen LogP contribution in [0.3, 0.4) is 0 Å². The van der Waals surface area contributed by atoms with Crippen molar-refractivity contribution in [3.63, 3.8) is 0 Å². The molecule has 3 N–H and O–H groups in total. The summed E-state index contributed by atoms with van der Waals surface area (Å²) in [4.78, 5) is 16.8. The van der Waals surface area contributed by atoms with Gasteiger partial charge in [0.15, 0.2) is 5.15 Å². The Morgan fingerprint density at radius 3 is 2.60 bits per heavy atom. The maximum absolute atomic E-state index is 12.3. The Morgan fingerprint density at radius 2 is 1.94 bits per heavy atom. The highest BCUT2D eigenvalue weighted by Gasteiger charge is 2.23. The number of aromatic amines is 1. The van der Waals surface area contributed by atoms with E-state index in [9.17, 15) is 4.79 Å². The van der Waals surface area contributed by atoms with Crippen LogP contribution < -0.4 is 10.5 Å². The molecule has 0 aliphatic carbocycles. The number of hydrogen-bond acceptors (Lipinski definition) is 8. The van der Waals surface area contributed by atoms with E-state index in [4.69, 9.17) is 22.1 Å². The number of nitrogens with two attached hydrogens (primary N) is 1. The van der Waals surface area contributed by atoms with E-state index in [-0.39, 0.29) is 16.8 Å². The predicted molar refractivity (Wildman–Crippen MR) is 137 cm³/mol. The van der Waals surface area contributed by atoms with E-state index in [2.05, 4.69) is 45.2 Å². The Morgan fingerprint density at radius 1 is 1.20 bits per heavy atom. The second-order valence-corrected chi connectivity index (χ2v) is 8.72. The number of nitrogens with one attached hydrogen (secondary N) is 1. The molecule has 2 heterocycles. The summed E-state index contributed by atoms with van der Waals surface area (Å²) in [5.74, 6) is 1.06. The SMILES string of the molecule is CCCCc1nc(Cl)c(OC(=O)[C@H](N)CS)n1Cc1ccc(-c2ccccc2-c2nn[nH]n2)cc1. The highest BCUT2D eigenvalue weighted by molar-refractivity contribution is 7.80. The zero-order valence-electron chi connectivity index (χ0n) is 19.2. The molecule has 35 heavy (non-hydrogen) atoms. The number of tetrazole rings is 1. The normalized spacial score (nSPS) is 12.0. The van der Waals surface area contributed by atoms with Crippen LogP contribution in [0.5, 0.6) is 5.88 Å². The number of carbonyl (C=O) groups is 1. The second kappa shape index (κ2) is 11.5. The van der Waals surface area contributed by atoms with Gasteiger partial charge in [-0.1, -0.05) is 73.5 Å². The average Bonchev–Trinajstić information content (AvgIpc) is 3.52. The monoisotopic (exact) mass is 511 g/mol. The van der Waals surface area contributed by atoms with Gasteiger partial charge in [-0.15, -0.1) is 10.2 Å². The molecule has 4 aromatic rings. The molecule has 2 aromatic heterocycles. The number of hydrogen-bond donors (Lipinski definition) is 3. The molecule has 0 spiro atoms. The number of unbranched alkanes of at least 4 members (excludes halogenated alkanes) is 1. The zero-order chi connectivity index (χ0) is 24.8. The van der Waals surface area contributed by atoms with Gasteiger partial charge in [0.1, 0.15) is 11.9 Å². The third-order valence-corrected chi connectivity index (χ3v) is 6.17. The van der Waals surface area contributed by atoms with E-state index in [1.54, 1.807) is 0 Å². The van der Waals surface area contributed by atoms with Crippen molar-refractivity contribution in [3.05, 3.63) is 65.1 Å². The largest absolute Gasteiger partial charge is 0.405 e. The minimum absolute atomic E-state index is 0.140. The number of nitrogens with zero attached hydrogens (tertiary/aromatic N) is 5. The topological polar surface area (TPSA) is 125 Å². The van der Waals surface area contributed by atoms with Crippen molar-refractivity contribution < 1.29 is 9.53 Å². The number of H-pyrrole nitrogens is 1. The van der Waals surface area contributed by atoms with Crippen molar-refractivity contribution in [3.8, 4) is 28.4 Å². The lowest BCUT2D eigenvalue weighted by Gasteiger charge is -2.14. The lowest BCUT2D eigenvalue weighted by atomic mass is 9.98. The standard InChI is InChI=1S/C24H26ClN7O2S/c1-2-3-8-20-27-21(25)23(34-24(33)19(26)14-35)32(20)13-15-9-11-16(12-10-15)17-6-4-5-7-18(17)22-28-30-31-29-22/h4-7,9-12,19,35H,2-3,8,13-14,26H2,1H3,(H,28,29,30,31)/t19-/m1/s1. The Kier molecular flexibility index (Phi) is 8.17. The molecule has 0 amide bonds. The first-order chi connectivity index (χ1) is 17.0. The van der Waals surface area contributed by atoms with Crippen molar-refractivity contribution in [2.45, 2.75) is 38.8 Å². The van der Waals surface area contributed by atoms with Gasteiger partial charge in [0, 0.05) is 17.7 Å². The summed E-state index contributed by atoms with van der Waals surface area (Å²) in [6, 6.07) is 15.1. The smallest absolute Gasteiger partial charge is 0.330 e. The van der Waals surface area contributed by atoms with Crippen LogP contribution in [0.25, 0.3) is 22.5 Å². The molecule has 9 nitrogen and oxygen atoms in total. The van der Waals surface area contributed by atoms with Crippen molar-refractivity contribution in [1.82, 2.24) is 30.2 Å². The van der Waals surface area contributed by atoms with Gasteiger partial charge in [-0.25, -0.2) is 9.78 Å². The summed E-state index contributed by atoms with van der Waals surface area (Å²) in [6.45, 7) is 2.54. The molecule has 1 atom stereocenters. The number of ether oxygens (including phenoxy) is 1. The van der Waals surface area contributed by atoms with Crippen molar-refractivity contribution in [2.24, 2.45) is 5.73 Å². The fourth-order valence-corrected chi connectivity index (χ4v) is 4.05. The molecule has 0 fully saturated rings. The molecular formula is C24H26ClN7O2S. The van der Waals surface area contributed by atoms with Crippen molar-refractivity contribution >= 4 is 30.2 Å². The molecule has 4 rings (SSSR count). The fraction of sp³-hybridized carbons (Fsp3) is 0.292. The first-order valence-corrected chi connectivity index (χ1v) is 12.3. The number of thiol groups is 1. The van der Waals surface area contributed by atoms with E-state index in [1.807, 2.05) is 53.1 Å². The predicted octanol–water partition coefficient (Wildman–Crippen LogP) is 3.94. The summed E-state index contributed by atoms with van der Waals surface area (Å²) in [5.41, 5.74) is 9.66. The van der Waals surface area contributed by atoms with E-state index >= 15 is 0 Å². The van der Waals surface area contributed by atoms with Crippen LogP contribution >= 0.6 is 24.2 Å². The third kappa shape index (κ3) is 5.72. The van der Waals surface area contributed by atoms with E-state index < -0.39 is 12.0 Å². The number of aromatic nitrogens is 6. The van der Waals surface area contributed by atoms with Crippen LogP contribution in [0, 0.1) is 0 Å². The Labute approximate surface area is 213 Å². The van der Waals surface area contributed by atoms with Gasteiger partial charge in [0.25, 0.3) is 0 Å². The summed E-state index contributed by atoms with van der Waals surface area (Å²) >= 11 is 10.4. The van der Waals surface area contributed by atoms with Gasteiger partial charge in [0.2, 0.25) is 11.7 Å². The Hall–Kier alpha value is -3.21. The number of rotatable bonds is 10. The highest BCUT2D eigenvalue weighted by atomic mass is 35.5. The van der Waals surface area contributed by atoms with E-state index in [0.29, 0.717) is 18.8 Å². The van der Waals surface area contributed by atoms with Gasteiger partial charge < -0.3 is 10.5 Å². The molecule has 0 bridgehead atoms. The van der Waals surface area contributed by atoms with Crippen LogP contribution in [0.1, 0.15) is 31.2 Å². The number of esters is 1. The molecule has 182 valence electrons. The Balaban J connectivity index is 1.63. The Bertz CT molecular complexity index is 1280. The lowest BCUT2D eigenvalue weighted by Crippen LogP contribution is -2.36. The van der Waals surface area contributed by atoms with Crippen LogP contribution in [-0.2, 0) is 17.8 Å². The highest BCUT2D eigenvalue weighted by Crippen LogP contribution is 2.31. The molecule has 11 heteroatoms. The average molecular weight is 512 g/mol. The third-order valence-electron chi connectivity index (χ3n) is 5.53. The molecule has 0 saturated carbocycles. The maximum Gasteiger partial charge on any atom is 0.330 e. The molecule has 2 aromatic carbocycles. The van der Waals surface area contributed by atoms with Crippen molar-refractivity contribution in [1.29, 1.82) is 0 Å². The number of aryl methyl sites for hydroxylation is 1. The molecule has 0 saturated heterocycles. The molecule has 0 aliphatic rings. The van der Waals surface area contributed by atoms with Crippen LogP contribution in [0.15, 0.2) is 48.5 Å². The minimum Gasteiger partial charge on any atom is -0.405 e. The van der Waals surface area contributed by atoms with Crippen molar-refractivity contribution in [2.75, 3.05) is 5.75 Å². The van der Waals surface area contributed by atoms with Gasteiger partial charge in [-0.2, -0.15) is 17.8 Å². The molecule has 0 aliphatic heterocycles. The van der Waals surface area contributed by atoms with Gasteiger partial charge in [-0.3, -0.25) is 4.57 Å². The molecular weight excluding hydrogens is 486 g/mol. The number of benzene rings is 2. The first-order valence-electron chi connectivity index (χ1n) is 11.3. The fourth-order valence-electron chi connectivity index (χ4n) is 3.66. The summed E-state index contributed by atoms with van der Waals surface area (Å²) in [7, 11) is 0. The summed E-state index contributed by atoms with van der Waals surface area (Å²) < 4.78 is 7.38. The van der Waals surface area contributed by atoms with E-state index in [1.165, 1.54) is 0 Å². The number of carbonyl (C=O) groups excluding carboxylic acids is 1. The van der Waals surface area contributed by atoms with Gasteiger partial charge in [-0.05, 0) is 28.3 Å². The second-order valence-electron chi connectivity index (χ2n) is 8.00. The van der Waals surface area contributed by atoms with Crippen LogP contribution in [0.2, 0.25) is 5.15 Å². The maximum atomic E-state index is 12.3. The number of imidazole rings is 1. The van der Waals surface area contributed by atoms with Crippen LogP contribution in [0.4, 0.5) is 0 Å². The number of halogens is 1. The lowest BCUT2D eigenvalue weighted by molar-refractivity contribution is -0.135. The first kappa shape index (κ1) is 24.9. The van der Waals surface area contributed by atoms with E-state index in [0.717, 1.165) is 40.9 Å². The molecule has 0 radical (unpaired) electrons. The van der Waals surface area contributed by atoms with Crippen LogP contribution in [-0.4, -0.2) is 47.9 Å².